The van der Waals surface area contributed by atoms with Crippen molar-refractivity contribution in [2.24, 2.45) is 29.1 Å². The highest BCUT2D eigenvalue weighted by atomic mass is 35.5. The van der Waals surface area contributed by atoms with Crippen molar-refractivity contribution < 1.29 is 23.9 Å². The molecule has 6 nitrogen and oxygen atoms in total. The van der Waals surface area contributed by atoms with Crippen LogP contribution in [0.2, 0.25) is 5.02 Å². The van der Waals surface area contributed by atoms with Gasteiger partial charge in [0.05, 0.1) is 11.6 Å². The Hall–Kier alpha value is -2.99. The van der Waals surface area contributed by atoms with Gasteiger partial charge in [-0.05, 0) is 74.0 Å². The van der Waals surface area contributed by atoms with Gasteiger partial charge in [-0.2, -0.15) is 0 Å². The minimum atomic E-state index is -0.711. The summed E-state index contributed by atoms with van der Waals surface area (Å²) in [5.74, 6) is -0.0312. The van der Waals surface area contributed by atoms with Crippen molar-refractivity contribution in [3.8, 4) is 11.3 Å². The zero-order chi connectivity index (χ0) is 36.4. The van der Waals surface area contributed by atoms with E-state index in [9.17, 15) is 14.4 Å². The number of unbranched alkanes of at least 4 members (excludes halogenated alkanes) is 1. The largest absolute Gasteiger partial charge is 0.481 e. The Bertz CT molecular complexity index is 1470. The van der Waals surface area contributed by atoms with E-state index >= 15 is 0 Å². The van der Waals surface area contributed by atoms with Crippen LogP contribution in [0.3, 0.4) is 0 Å². The van der Waals surface area contributed by atoms with Gasteiger partial charge in [0.1, 0.15) is 11.3 Å². The molecule has 4 rings (SSSR count). The number of aliphatic carboxylic acids is 1. The van der Waals surface area contributed by atoms with Crippen LogP contribution in [0.1, 0.15) is 144 Å². The van der Waals surface area contributed by atoms with Gasteiger partial charge in [-0.15, -0.1) is 0 Å². The minimum absolute atomic E-state index is 0.0487. The van der Waals surface area contributed by atoms with Crippen LogP contribution in [0.25, 0.3) is 22.4 Å². The predicted molar refractivity (Wildman–Crippen MR) is 199 cm³/mol. The van der Waals surface area contributed by atoms with E-state index in [1.54, 1.807) is 6.92 Å². The third-order valence-electron chi connectivity index (χ3n) is 10.1. The van der Waals surface area contributed by atoms with Gasteiger partial charge in [0.15, 0.2) is 11.3 Å². The standard InChI is InChI=1S/C28H36ClNO2.C9H14O3.C4H10/c1-9-14-28(7,8)18(3)17(2)25(31)24-16-23-26(32-24)21(27(4,5)6)15-22(30-23)19-10-12-20(29)13-11-19;1-6(10)7-2-4-8(5-3-7)9(11)12;1-3-4-2/h10-13,15-18H,9,14H2,1-8H3;7-8H,2-5H2,1H3,(H,11,12);3-4H2,1-2H3. The van der Waals surface area contributed by atoms with Gasteiger partial charge in [-0.25, -0.2) is 4.98 Å². The molecule has 1 aromatic carbocycles. The van der Waals surface area contributed by atoms with Crippen molar-refractivity contribution in [1.82, 2.24) is 4.98 Å². The number of ketones is 2. The number of carbonyl (C=O) groups excluding carboxylic acids is 2. The Balaban J connectivity index is 0.000000413. The normalized spacial score (nSPS) is 17.8. The summed E-state index contributed by atoms with van der Waals surface area (Å²) in [4.78, 5) is 39.7. The molecule has 1 aliphatic carbocycles. The zero-order valence-electron chi connectivity index (χ0n) is 31.3. The van der Waals surface area contributed by atoms with Gasteiger partial charge in [-0.3, -0.25) is 14.4 Å². The molecule has 0 saturated heterocycles. The molecule has 3 aromatic rings. The topological polar surface area (TPSA) is 97.5 Å². The summed E-state index contributed by atoms with van der Waals surface area (Å²) in [5.41, 5.74) is 4.22. The number of benzene rings is 1. The van der Waals surface area contributed by atoms with Crippen LogP contribution < -0.4 is 0 Å². The van der Waals surface area contributed by atoms with Crippen molar-refractivity contribution in [2.75, 3.05) is 0 Å². The van der Waals surface area contributed by atoms with E-state index in [0.29, 0.717) is 29.2 Å². The highest BCUT2D eigenvalue weighted by Crippen LogP contribution is 2.40. The molecule has 0 bridgehead atoms. The van der Waals surface area contributed by atoms with Gasteiger partial charge in [0, 0.05) is 34.1 Å². The van der Waals surface area contributed by atoms with E-state index in [0.717, 1.165) is 48.0 Å². The summed E-state index contributed by atoms with van der Waals surface area (Å²) in [5, 5.41) is 9.37. The van der Waals surface area contributed by atoms with E-state index in [4.69, 9.17) is 26.1 Å². The smallest absolute Gasteiger partial charge is 0.306 e. The lowest BCUT2D eigenvalue weighted by Gasteiger charge is -2.35. The third kappa shape index (κ3) is 11.3. The van der Waals surface area contributed by atoms with Gasteiger partial charge in [0.25, 0.3) is 0 Å². The fraction of sp³-hybridized carbons (Fsp3) is 0.610. The first-order valence-electron chi connectivity index (χ1n) is 17.9. The molecule has 1 aliphatic rings. The summed E-state index contributed by atoms with van der Waals surface area (Å²) in [6.07, 6.45) is 7.68. The third-order valence-corrected chi connectivity index (χ3v) is 10.4. The Morgan fingerprint density at radius 3 is 1.90 bits per heavy atom. The summed E-state index contributed by atoms with van der Waals surface area (Å²) in [7, 11) is 0. The Kier molecular flexibility index (Phi) is 15.6. The second-order valence-corrected chi connectivity index (χ2v) is 15.8. The fourth-order valence-electron chi connectivity index (χ4n) is 6.22. The van der Waals surface area contributed by atoms with E-state index in [2.05, 4.69) is 68.4 Å². The number of hydrogen-bond donors (Lipinski definition) is 1. The van der Waals surface area contributed by atoms with Crippen molar-refractivity contribution in [1.29, 1.82) is 0 Å². The minimum Gasteiger partial charge on any atom is -0.481 e. The number of hydrogen-bond acceptors (Lipinski definition) is 5. The van der Waals surface area contributed by atoms with Crippen LogP contribution in [-0.4, -0.2) is 27.6 Å². The second kappa shape index (κ2) is 18.1. The number of pyridine rings is 1. The number of halogens is 1. The van der Waals surface area contributed by atoms with Gasteiger partial charge in [0.2, 0.25) is 5.78 Å². The van der Waals surface area contributed by atoms with Crippen LogP contribution in [-0.2, 0) is 15.0 Å². The number of fused-ring (bicyclic) bond motifs is 1. The molecule has 2 aromatic heterocycles. The molecule has 266 valence electrons. The number of rotatable bonds is 10. The van der Waals surface area contributed by atoms with Crippen molar-refractivity contribution in [2.45, 2.75) is 133 Å². The first kappa shape index (κ1) is 41.2. The van der Waals surface area contributed by atoms with Gasteiger partial charge < -0.3 is 9.52 Å². The molecule has 48 heavy (non-hydrogen) atoms. The Morgan fingerprint density at radius 2 is 1.44 bits per heavy atom. The number of furan rings is 1. The first-order chi connectivity index (χ1) is 22.4. The number of Topliss-reactive ketones (excluding diaryl/α,β-unsaturated/α-hetero) is 2. The highest BCUT2D eigenvalue weighted by Gasteiger charge is 2.35. The summed E-state index contributed by atoms with van der Waals surface area (Å²) in [6.45, 7) is 23.3. The first-order valence-corrected chi connectivity index (χ1v) is 18.2. The molecule has 0 spiro atoms. The lowest BCUT2D eigenvalue weighted by atomic mass is 9.69. The quantitative estimate of drug-likeness (QED) is 0.214. The number of aromatic nitrogens is 1. The second-order valence-electron chi connectivity index (χ2n) is 15.3. The highest BCUT2D eigenvalue weighted by molar-refractivity contribution is 6.30. The molecule has 0 aliphatic heterocycles. The number of nitrogens with zero attached hydrogens (tertiary/aromatic N) is 1. The molecule has 1 saturated carbocycles. The predicted octanol–water partition coefficient (Wildman–Crippen LogP) is 12.0. The lowest BCUT2D eigenvalue weighted by Crippen LogP contribution is -2.31. The van der Waals surface area contributed by atoms with Crippen LogP contribution in [0.4, 0.5) is 0 Å². The van der Waals surface area contributed by atoms with Crippen LogP contribution in [0, 0.1) is 29.1 Å². The van der Waals surface area contributed by atoms with Crippen LogP contribution in [0.15, 0.2) is 40.8 Å². The van der Waals surface area contributed by atoms with Crippen LogP contribution >= 0.6 is 11.6 Å². The molecule has 1 fully saturated rings. The molecular weight excluding hydrogens is 622 g/mol. The average Bonchev–Trinajstić information content (AvgIpc) is 3.47. The maximum Gasteiger partial charge on any atom is 0.306 e. The number of carboxylic acids is 1. The van der Waals surface area contributed by atoms with Gasteiger partial charge in [-0.1, -0.05) is 112 Å². The Morgan fingerprint density at radius 1 is 0.896 bits per heavy atom. The van der Waals surface area contributed by atoms with Gasteiger partial charge >= 0.3 is 5.97 Å². The fourth-order valence-corrected chi connectivity index (χ4v) is 6.34. The lowest BCUT2D eigenvalue weighted by molar-refractivity contribution is -0.143. The number of carbonyl (C=O) groups is 3. The Labute approximate surface area is 294 Å². The van der Waals surface area contributed by atoms with Crippen molar-refractivity contribution in [3.63, 3.8) is 0 Å². The molecule has 1 N–H and O–H groups in total. The van der Waals surface area contributed by atoms with E-state index < -0.39 is 5.97 Å². The van der Waals surface area contributed by atoms with Crippen LogP contribution in [0.5, 0.6) is 0 Å². The average molecular weight is 682 g/mol. The zero-order valence-corrected chi connectivity index (χ0v) is 32.1. The maximum absolute atomic E-state index is 13.4. The summed E-state index contributed by atoms with van der Waals surface area (Å²) in [6, 6.07) is 11.6. The molecule has 2 unspecified atom stereocenters. The van der Waals surface area contributed by atoms with E-state index in [-0.39, 0.29) is 46.1 Å². The molecule has 2 atom stereocenters. The maximum atomic E-state index is 13.4. The van der Waals surface area contributed by atoms with E-state index in [1.165, 1.54) is 12.8 Å². The molecule has 2 heterocycles. The molecule has 0 radical (unpaired) electrons. The molecule has 0 amide bonds. The van der Waals surface area contributed by atoms with Crippen molar-refractivity contribution in [3.05, 3.63) is 52.7 Å². The van der Waals surface area contributed by atoms with Crippen molar-refractivity contribution >= 4 is 40.2 Å². The molecular formula is C41H60ClNO5. The molecule has 7 heteroatoms. The SMILES string of the molecule is CC(=O)C1CCC(C(=O)O)CC1.CCCC.CCCC(C)(C)C(C)C(C)C(=O)c1cc2nc(-c3ccc(Cl)cc3)cc(C(C)(C)C)c2o1. The monoisotopic (exact) mass is 681 g/mol. The summed E-state index contributed by atoms with van der Waals surface area (Å²) >= 11 is 6.07. The number of carboxylic acid groups (broad SMARTS) is 1. The van der Waals surface area contributed by atoms with E-state index in [1.807, 2.05) is 37.3 Å². The summed E-state index contributed by atoms with van der Waals surface area (Å²) < 4.78 is 6.21.